The Bertz CT molecular complexity index is 570. The summed E-state index contributed by atoms with van der Waals surface area (Å²) in [4.78, 5) is 0. The predicted octanol–water partition coefficient (Wildman–Crippen LogP) is 3.53. The molecule has 0 fully saturated rings. The highest BCUT2D eigenvalue weighted by molar-refractivity contribution is 5.40. The van der Waals surface area contributed by atoms with Gasteiger partial charge in [-0.2, -0.15) is 0 Å². The lowest BCUT2D eigenvalue weighted by atomic mass is 9.95. The van der Waals surface area contributed by atoms with Crippen molar-refractivity contribution >= 4 is 0 Å². The molecule has 1 unspecified atom stereocenters. The number of hydrogen-bond acceptors (Lipinski definition) is 2. The maximum absolute atomic E-state index is 14.0. The second kappa shape index (κ2) is 5.41. The van der Waals surface area contributed by atoms with E-state index in [0.29, 0.717) is 16.9 Å². The fourth-order valence-corrected chi connectivity index (χ4v) is 2.25. The highest BCUT2D eigenvalue weighted by Crippen LogP contribution is 2.29. The van der Waals surface area contributed by atoms with Crippen molar-refractivity contribution in [3.05, 3.63) is 64.5 Å². The van der Waals surface area contributed by atoms with E-state index in [2.05, 4.69) is 0 Å². The second-order valence-corrected chi connectivity index (χ2v) is 4.66. The number of benzene rings is 2. The molecule has 0 amide bonds. The van der Waals surface area contributed by atoms with Crippen LogP contribution in [0.4, 0.5) is 4.39 Å². The zero-order chi connectivity index (χ0) is 14.0. The van der Waals surface area contributed by atoms with E-state index >= 15 is 0 Å². The van der Waals surface area contributed by atoms with E-state index in [1.54, 1.807) is 38.3 Å². The fraction of sp³-hybridized carbons (Fsp3) is 0.250. The normalized spacial score (nSPS) is 12.3. The first-order chi connectivity index (χ1) is 9.02. The van der Waals surface area contributed by atoms with Crippen molar-refractivity contribution in [3.63, 3.8) is 0 Å². The van der Waals surface area contributed by atoms with Crippen LogP contribution in [0.1, 0.15) is 28.4 Å². The quantitative estimate of drug-likeness (QED) is 0.914. The van der Waals surface area contributed by atoms with E-state index in [1.165, 1.54) is 6.07 Å². The van der Waals surface area contributed by atoms with Gasteiger partial charge in [-0.15, -0.1) is 0 Å². The minimum absolute atomic E-state index is 0.318. The molecule has 0 saturated carbocycles. The van der Waals surface area contributed by atoms with Gasteiger partial charge in [-0.05, 0) is 48.7 Å². The Hall–Kier alpha value is -1.87. The van der Waals surface area contributed by atoms with Crippen molar-refractivity contribution in [2.24, 2.45) is 0 Å². The lowest BCUT2D eigenvalue weighted by molar-refractivity contribution is 0.213. The molecule has 100 valence electrons. The molecule has 1 N–H and O–H groups in total. The highest BCUT2D eigenvalue weighted by atomic mass is 19.1. The standard InChI is InChI=1S/C16H17FO2/c1-10-7-11(2)15(14(17)8-10)16(18)12-5-4-6-13(9-12)19-3/h4-9,16,18H,1-3H3. The Morgan fingerprint density at radius 1 is 1.16 bits per heavy atom. The highest BCUT2D eigenvalue weighted by Gasteiger charge is 2.18. The van der Waals surface area contributed by atoms with Crippen molar-refractivity contribution in [1.82, 2.24) is 0 Å². The number of halogens is 1. The average Bonchev–Trinajstić information content (AvgIpc) is 2.37. The first-order valence-corrected chi connectivity index (χ1v) is 6.11. The van der Waals surface area contributed by atoms with Crippen LogP contribution in [0.3, 0.4) is 0 Å². The Kier molecular flexibility index (Phi) is 3.86. The van der Waals surface area contributed by atoms with Gasteiger partial charge < -0.3 is 9.84 Å². The summed E-state index contributed by atoms with van der Waals surface area (Å²) < 4.78 is 19.2. The molecule has 2 aromatic carbocycles. The molecule has 2 nitrogen and oxygen atoms in total. The molecule has 0 bridgehead atoms. The SMILES string of the molecule is COc1cccc(C(O)c2c(C)cc(C)cc2F)c1. The van der Waals surface area contributed by atoms with Crippen LogP contribution in [0.25, 0.3) is 0 Å². The summed E-state index contributed by atoms with van der Waals surface area (Å²) in [6, 6.07) is 10.3. The van der Waals surface area contributed by atoms with Crippen LogP contribution in [0, 0.1) is 19.7 Å². The van der Waals surface area contributed by atoms with Gasteiger partial charge in [0.1, 0.15) is 17.7 Å². The van der Waals surface area contributed by atoms with Gasteiger partial charge in [0, 0.05) is 5.56 Å². The third-order valence-electron chi connectivity index (χ3n) is 3.16. The Morgan fingerprint density at radius 3 is 2.53 bits per heavy atom. The van der Waals surface area contributed by atoms with Crippen molar-refractivity contribution in [1.29, 1.82) is 0 Å². The Balaban J connectivity index is 2.46. The first kappa shape index (κ1) is 13.6. The summed E-state index contributed by atoms with van der Waals surface area (Å²) in [6.07, 6.45) is -0.990. The third-order valence-corrected chi connectivity index (χ3v) is 3.16. The van der Waals surface area contributed by atoms with Crippen LogP contribution in [-0.4, -0.2) is 12.2 Å². The molecule has 2 rings (SSSR count). The molecular weight excluding hydrogens is 243 g/mol. The summed E-state index contributed by atoms with van der Waals surface area (Å²) in [5, 5.41) is 10.4. The van der Waals surface area contributed by atoms with Crippen molar-refractivity contribution in [2.45, 2.75) is 20.0 Å². The van der Waals surface area contributed by atoms with Crippen LogP contribution < -0.4 is 4.74 Å². The average molecular weight is 260 g/mol. The lowest BCUT2D eigenvalue weighted by Gasteiger charge is -2.16. The molecule has 3 heteroatoms. The smallest absolute Gasteiger partial charge is 0.129 e. The van der Waals surface area contributed by atoms with Gasteiger partial charge >= 0.3 is 0 Å². The molecule has 0 aliphatic rings. The summed E-state index contributed by atoms with van der Waals surface area (Å²) >= 11 is 0. The number of aliphatic hydroxyl groups excluding tert-OH is 1. The molecule has 0 saturated heterocycles. The van der Waals surface area contributed by atoms with Crippen LogP contribution in [-0.2, 0) is 0 Å². The van der Waals surface area contributed by atoms with Gasteiger partial charge in [0.25, 0.3) is 0 Å². The minimum atomic E-state index is -0.990. The van der Waals surface area contributed by atoms with E-state index in [1.807, 2.05) is 13.0 Å². The van der Waals surface area contributed by atoms with Crippen LogP contribution in [0.5, 0.6) is 5.75 Å². The van der Waals surface area contributed by atoms with Crippen molar-refractivity contribution in [3.8, 4) is 5.75 Å². The number of ether oxygens (including phenoxy) is 1. The third kappa shape index (κ3) is 2.76. The summed E-state index contributed by atoms with van der Waals surface area (Å²) in [7, 11) is 1.56. The van der Waals surface area contributed by atoms with Crippen LogP contribution >= 0.6 is 0 Å². The van der Waals surface area contributed by atoms with Crippen molar-refractivity contribution < 1.29 is 14.2 Å². The van der Waals surface area contributed by atoms with E-state index in [-0.39, 0.29) is 5.82 Å². The number of hydrogen-bond donors (Lipinski definition) is 1. The van der Waals surface area contributed by atoms with Crippen molar-refractivity contribution in [2.75, 3.05) is 7.11 Å². The Morgan fingerprint density at radius 2 is 1.89 bits per heavy atom. The molecule has 0 radical (unpaired) electrons. The van der Waals surface area contributed by atoms with Gasteiger partial charge in [-0.3, -0.25) is 0 Å². The molecular formula is C16H17FO2. The van der Waals surface area contributed by atoms with Gasteiger partial charge in [0.2, 0.25) is 0 Å². The monoisotopic (exact) mass is 260 g/mol. The lowest BCUT2D eigenvalue weighted by Crippen LogP contribution is -2.06. The minimum Gasteiger partial charge on any atom is -0.497 e. The molecule has 0 aliphatic carbocycles. The fourth-order valence-electron chi connectivity index (χ4n) is 2.25. The van der Waals surface area contributed by atoms with Crippen LogP contribution in [0.2, 0.25) is 0 Å². The molecule has 1 atom stereocenters. The molecule has 0 heterocycles. The number of aryl methyl sites for hydroxylation is 2. The second-order valence-electron chi connectivity index (χ2n) is 4.66. The molecule has 0 spiro atoms. The van der Waals surface area contributed by atoms with Gasteiger partial charge in [0.05, 0.1) is 7.11 Å². The van der Waals surface area contributed by atoms with Gasteiger partial charge in [0.15, 0.2) is 0 Å². The van der Waals surface area contributed by atoms with Gasteiger partial charge in [-0.1, -0.05) is 18.2 Å². The number of rotatable bonds is 3. The maximum atomic E-state index is 14.0. The Labute approximate surface area is 112 Å². The van der Waals surface area contributed by atoms with E-state index in [4.69, 9.17) is 4.74 Å². The topological polar surface area (TPSA) is 29.5 Å². The molecule has 2 aromatic rings. The number of aliphatic hydroxyl groups is 1. The predicted molar refractivity (Wildman–Crippen MR) is 72.9 cm³/mol. The molecule has 19 heavy (non-hydrogen) atoms. The molecule has 0 aliphatic heterocycles. The first-order valence-electron chi connectivity index (χ1n) is 6.11. The van der Waals surface area contributed by atoms with Crippen LogP contribution in [0.15, 0.2) is 36.4 Å². The summed E-state index contributed by atoms with van der Waals surface area (Å²) in [5.41, 5.74) is 2.52. The number of methoxy groups -OCH3 is 1. The van der Waals surface area contributed by atoms with Gasteiger partial charge in [-0.25, -0.2) is 4.39 Å². The zero-order valence-corrected chi connectivity index (χ0v) is 11.3. The zero-order valence-electron chi connectivity index (χ0n) is 11.3. The van der Waals surface area contributed by atoms with E-state index < -0.39 is 6.10 Å². The largest absolute Gasteiger partial charge is 0.497 e. The molecule has 0 aromatic heterocycles. The van der Waals surface area contributed by atoms with E-state index in [0.717, 1.165) is 11.1 Å². The van der Waals surface area contributed by atoms with E-state index in [9.17, 15) is 9.50 Å². The summed E-state index contributed by atoms with van der Waals surface area (Å²) in [5.74, 6) is 0.259. The maximum Gasteiger partial charge on any atom is 0.129 e. The summed E-state index contributed by atoms with van der Waals surface area (Å²) in [6.45, 7) is 3.63.